The molecule has 0 nitrogen and oxygen atoms in total. The van der Waals surface area contributed by atoms with Crippen LogP contribution in [-0.4, -0.2) is 17.3 Å². The van der Waals surface area contributed by atoms with Gasteiger partial charge in [0.05, 0.1) is 0 Å². The Kier molecular flexibility index (Phi) is 27.7. The summed E-state index contributed by atoms with van der Waals surface area (Å²) in [5.74, 6) is 4.51. The van der Waals surface area contributed by atoms with Gasteiger partial charge in [0.2, 0.25) is 0 Å². The van der Waals surface area contributed by atoms with Gasteiger partial charge in [-0.3, -0.25) is 0 Å². The molecule has 182 valence electrons. The van der Waals surface area contributed by atoms with E-state index in [0.29, 0.717) is 0 Å². The molecule has 0 spiro atoms. The van der Waals surface area contributed by atoms with Crippen LogP contribution in [0.4, 0.5) is 0 Å². The lowest BCUT2D eigenvalue weighted by molar-refractivity contribution is 0.538. The van der Waals surface area contributed by atoms with Crippen molar-refractivity contribution in [2.24, 2.45) is 0 Å². The zero-order valence-corrected chi connectivity index (χ0v) is 22.6. The van der Waals surface area contributed by atoms with Gasteiger partial charge in [-0.2, -0.15) is 0 Å². The van der Waals surface area contributed by atoms with E-state index in [4.69, 9.17) is 0 Å². The van der Waals surface area contributed by atoms with Crippen molar-refractivity contribution in [3.8, 4) is 0 Å². The Morgan fingerprint density at radius 1 is 0.300 bits per heavy atom. The lowest BCUT2D eigenvalue weighted by Gasteiger charge is -2.07. The molecule has 0 aliphatic heterocycles. The summed E-state index contributed by atoms with van der Waals surface area (Å²) in [6.45, 7) is 7.05. The smallest absolute Gasteiger partial charge is 0.0654 e. The predicted octanol–water partition coefficient (Wildman–Crippen LogP) is 10.6. The topological polar surface area (TPSA) is 0 Å². The SMILES string of the molecule is CCCCCCCCCCCCCCCC[S+](CC)CCCCCCCCCCC. The molecule has 0 aromatic heterocycles. The molecule has 0 aromatic carbocycles. The van der Waals surface area contributed by atoms with Crippen molar-refractivity contribution >= 4 is 10.9 Å². The van der Waals surface area contributed by atoms with Crippen molar-refractivity contribution in [3.63, 3.8) is 0 Å². The third-order valence-corrected chi connectivity index (χ3v) is 9.28. The van der Waals surface area contributed by atoms with Gasteiger partial charge >= 0.3 is 0 Å². The third-order valence-electron chi connectivity index (χ3n) is 6.73. The minimum atomic E-state index is 0.741. The molecule has 0 aliphatic rings. The first-order valence-corrected chi connectivity index (χ1v) is 16.2. The number of hydrogen-bond acceptors (Lipinski definition) is 0. The van der Waals surface area contributed by atoms with Crippen molar-refractivity contribution in [1.29, 1.82) is 0 Å². The van der Waals surface area contributed by atoms with Crippen molar-refractivity contribution in [2.75, 3.05) is 17.3 Å². The molecule has 0 N–H and O–H groups in total. The maximum Gasteiger partial charge on any atom is 0.108 e. The first-order valence-electron chi connectivity index (χ1n) is 14.5. The minimum Gasteiger partial charge on any atom is -0.0654 e. The predicted molar refractivity (Wildman–Crippen MR) is 145 cm³/mol. The van der Waals surface area contributed by atoms with Crippen LogP contribution in [0.5, 0.6) is 0 Å². The standard InChI is InChI=1S/C29H61S/c1-4-7-9-11-13-15-16-17-18-19-21-23-25-27-29-30(6-3)28-26-24-22-20-14-12-10-8-5-2/h4-29H2,1-3H3/q+1. The zero-order valence-electron chi connectivity index (χ0n) is 21.8. The van der Waals surface area contributed by atoms with Crippen molar-refractivity contribution in [3.05, 3.63) is 0 Å². The summed E-state index contributed by atoms with van der Waals surface area (Å²) in [6, 6.07) is 0. The highest BCUT2D eigenvalue weighted by Crippen LogP contribution is 2.15. The van der Waals surface area contributed by atoms with E-state index in [1.54, 1.807) is 0 Å². The van der Waals surface area contributed by atoms with Crippen LogP contribution in [0, 0.1) is 0 Å². The molecule has 0 heterocycles. The van der Waals surface area contributed by atoms with Crippen LogP contribution in [0.3, 0.4) is 0 Å². The molecular formula is C29H61S+. The molecule has 0 saturated carbocycles. The second kappa shape index (κ2) is 27.4. The average Bonchev–Trinajstić information content (AvgIpc) is 2.76. The average molecular weight is 442 g/mol. The number of unbranched alkanes of at least 4 members (excludes halogenated alkanes) is 21. The molecule has 0 saturated heterocycles. The largest absolute Gasteiger partial charge is 0.108 e. The van der Waals surface area contributed by atoms with Crippen LogP contribution < -0.4 is 0 Å². The molecule has 30 heavy (non-hydrogen) atoms. The summed E-state index contributed by atoms with van der Waals surface area (Å²) in [5, 5.41) is 0. The van der Waals surface area contributed by atoms with Crippen LogP contribution in [0.25, 0.3) is 0 Å². The van der Waals surface area contributed by atoms with Gasteiger partial charge < -0.3 is 0 Å². The summed E-state index contributed by atoms with van der Waals surface area (Å²) in [4.78, 5) is 0. The van der Waals surface area contributed by atoms with E-state index in [-0.39, 0.29) is 0 Å². The minimum absolute atomic E-state index is 0.741. The molecule has 0 radical (unpaired) electrons. The Labute approximate surface area is 196 Å². The molecular weight excluding hydrogens is 380 g/mol. The first-order chi connectivity index (χ1) is 14.8. The Bertz CT molecular complexity index is 288. The van der Waals surface area contributed by atoms with Crippen LogP contribution in [0.1, 0.15) is 168 Å². The molecule has 1 atom stereocenters. The van der Waals surface area contributed by atoms with Crippen LogP contribution in [0.2, 0.25) is 0 Å². The highest BCUT2D eigenvalue weighted by atomic mass is 32.2. The lowest BCUT2D eigenvalue weighted by atomic mass is 10.0. The highest BCUT2D eigenvalue weighted by molar-refractivity contribution is 7.96. The lowest BCUT2D eigenvalue weighted by Crippen LogP contribution is -2.14. The van der Waals surface area contributed by atoms with Crippen molar-refractivity contribution in [1.82, 2.24) is 0 Å². The maximum absolute atomic E-state index is 2.43. The quantitative estimate of drug-likeness (QED) is 0.0924. The fraction of sp³-hybridized carbons (Fsp3) is 1.00. The third kappa shape index (κ3) is 24.6. The molecule has 1 unspecified atom stereocenters. The van der Waals surface area contributed by atoms with Crippen LogP contribution in [-0.2, 0) is 10.9 Å². The zero-order chi connectivity index (χ0) is 22.0. The van der Waals surface area contributed by atoms with E-state index in [0.717, 1.165) is 10.9 Å². The summed E-state index contributed by atoms with van der Waals surface area (Å²) in [5.41, 5.74) is 0. The van der Waals surface area contributed by atoms with Gasteiger partial charge in [-0.15, -0.1) is 0 Å². The van der Waals surface area contributed by atoms with E-state index in [1.165, 1.54) is 165 Å². The Morgan fingerprint density at radius 2 is 0.533 bits per heavy atom. The van der Waals surface area contributed by atoms with Gasteiger partial charge in [0.25, 0.3) is 0 Å². The highest BCUT2D eigenvalue weighted by Gasteiger charge is 2.13. The Hall–Kier alpha value is 0.350. The van der Waals surface area contributed by atoms with E-state index in [1.807, 2.05) is 0 Å². The van der Waals surface area contributed by atoms with Gasteiger partial charge in [0.1, 0.15) is 17.3 Å². The molecule has 0 bridgehead atoms. The summed E-state index contributed by atoms with van der Waals surface area (Å²) in [7, 11) is 0.741. The fourth-order valence-corrected chi connectivity index (χ4v) is 6.51. The summed E-state index contributed by atoms with van der Waals surface area (Å²) >= 11 is 0. The normalized spacial score (nSPS) is 12.5. The monoisotopic (exact) mass is 441 g/mol. The second-order valence-electron chi connectivity index (χ2n) is 9.73. The first kappa shape index (κ1) is 30.4. The second-order valence-corrected chi connectivity index (χ2v) is 12.4. The molecule has 0 fully saturated rings. The van der Waals surface area contributed by atoms with E-state index in [2.05, 4.69) is 20.8 Å². The summed E-state index contributed by atoms with van der Waals surface area (Å²) in [6.07, 6.45) is 33.9. The van der Waals surface area contributed by atoms with E-state index < -0.39 is 0 Å². The number of rotatable bonds is 26. The van der Waals surface area contributed by atoms with Gasteiger partial charge in [0, 0.05) is 0 Å². The Balaban J connectivity index is 3.25. The Morgan fingerprint density at radius 3 is 0.767 bits per heavy atom. The molecule has 0 aromatic rings. The summed E-state index contributed by atoms with van der Waals surface area (Å²) < 4.78 is 0. The molecule has 0 amide bonds. The van der Waals surface area contributed by atoms with Gasteiger partial charge in [-0.1, -0.05) is 136 Å². The molecule has 0 aliphatic carbocycles. The maximum atomic E-state index is 2.43. The van der Waals surface area contributed by atoms with Gasteiger partial charge in [-0.25, -0.2) is 0 Å². The van der Waals surface area contributed by atoms with Crippen LogP contribution in [0.15, 0.2) is 0 Å². The fourth-order valence-electron chi connectivity index (χ4n) is 4.51. The molecule has 0 rings (SSSR count). The van der Waals surface area contributed by atoms with E-state index in [9.17, 15) is 0 Å². The molecule has 1 heteroatoms. The van der Waals surface area contributed by atoms with Crippen molar-refractivity contribution in [2.45, 2.75) is 168 Å². The number of hydrogen-bond donors (Lipinski definition) is 0. The van der Waals surface area contributed by atoms with E-state index >= 15 is 0 Å². The van der Waals surface area contributed by atoms with Gasteiger partial charge in [-0.05, 0) is 43.5 Å². The van der Waals surface area contributed by atoms with Crippen molar-refractivity contribution < 1.29 is 0 Å². The van der Waals surface area contributed by atoms with Crippen LogP contribution >= 0.6 is 0 Å². The van der Waals surface area contributed by atoms with Gasteiger partial charge in [0.15, 0.2) is 0 Å².